The number of morpholine rings is 1. The van der Waals surface area contributed by atoms with Gasteiger partial charge < -0.3 is 20.3 Å². The van der Waals surface area contributed by atoms with Gasteiger partial charge in [0.2, 0.25) is 5.95 Å². The Morgan fingerprint density at radius 2 is 1.79 bits per heavy atom. The fourth-order valence-electron chi connectivity index (χ4n) is 4.01. The third-order valence-corrected chi connectivity index (χ3v) is 5.58. The molecule has 1 aromatic heterocycles. The van der Waals surface area contributed by atoms with Crippen molar-refractivity contribution in [3.8, 4) is 0 Å². The molecule has 0 bridgehead atoms. The zero-order valence-electron chi connectivity index (χ0n) is 16.8. The molecule has 29 heavy (non-hydrogen) atoms. The first-order chi connectivity index (χ1) is 14.3. The van der Waals surface area contributed by atoms with Gasteiger partial charge in [-0.2, -0.15) is 0 Å². The summed E-state index contributed by atoms with van der Waals surface area (Å²) in [5.41, 5.74) is 2.17. The molecule has 1 aliphatic carbocycles. The Hall–Kier alpha value is -2.67. The average Bonchev–Trinajstić information content (AvgIpc) is 3.04. The normalized spacial score (nSPS) is 18.1. The Morgan fingerprint density at radius 3 is 2.59 bits per heavy atom. The van der Waals surface area contributed by atoms with Crippen LogP contribution in [0.25, 0.3) is 0 Å². The van der Waals surface area contributed by atoms with E-state index in [0.717, 1.165) is 37.3 Å². The van der Waals surface area contributed by atoms with Crippen LogP contribution in [-0.2, 0) is 4.74 Å². The molecule has 2 aliphatic rings. The first-order valence-electron chi connectivity index (χ1n) is 10.6. The Morgan fingerprint density at radius 1 is 1.03 bits per heavy atom. The van der Waals surface area contributed by atoms with Gasteiger partial charge in [-0.05, 0) is 31.0 Å². The molecule has 1 amide bonds. The number of para-hydroxylation sites is 2. The van der Waals surface area contributed by atoms with Gasteiger partial charge in [0.25, 0.3) is 5.91 Å². The van der Waals surface area contributed by atoms with Gasteiger partial charge in [0.1, 0.15) is 5.69 Å². The van der Waals surface area contributed by atoms with Crippen molar-refractivity contribution < 1.29 is 9.53 Å². The summed E-state index contributed by atoms with van der Waals surface area (Å²) in [6.07, 6.45) is 8.97. The molecule has 2 N–H and O–H groups in total. The SMILES string of the molecule is O=C(Nc1ccccc1N1CCOCC1)c1ccnc(NC2CCCCCC2)n1. The molecule has 2 aromatic rings. The van der Waals surface area contributed by atoms with Crippen LogP contribution in [0.2, 0.25) is 0 Å². The van der Waals surface area contributed by atoms with Crippen molar-refractivity contribution in [1.82, 2.24) is 9.97 Å². The van der Waals surface area contributed by atoms with Crippen molar-refractivity contribution in [2.75, 3.05) is 41.8 Å². The topological polar surface area (TPSA) is 79.4 Å². The van der Waals surface area contributed by atoms with Crippen LogP contribution < -0.4 is 15.5 Å². The minimum Gasteiger partial charge on any atom is -0.378 e. The summed E-state index contributed by atoms with van der Waals surface area (Å²) < 4.78 is 5.44. The number of ether oxygens (including phenoxy) is 1. The fraction of sp³-hybridized carbons (Fsp3) is 0.500. The van der Waals surface area contributed by atoms with Crippen molar-refractivity contribution in [2.24, 2.45) is 0 Å². The summed E-state index contributed by atoms with van der Waals surface area (Å²) in [7, 11) is 0. The lowest BCUT2D eigenvalue weighted by Gasteiger charge is -2.30. The number of amides is 1. The van der Waals surface area contributed by atoms with Gasteiger partial charge in [0, 0.05) is 25.3 Å². The van der Waals surface area contributed by atoms with Crippen LogP contribution >= 0.6 is 0 Å². The Kier molecular flexibility index (Phi) is 6.56. The number of carbonyl (C=O) groups excluding carboxylic acids is 1. The number of nitrogens with zero attached hydrogens (tertiary/aromatic N) is 3. The lowest BCUT2D eigenvalue weighted by Crippen LogP contribution is -2.36. The lowest BCUT2D eigenvalue weighted by molar-refractivity contribution is 0.102. The highest BCUT2D eigenvalue weighted by Crippen LogP contribution is 2.27. The standard InChI is InChI=1S/C22H29N5O2/c28-21(25-18-9-5-6-10-20(18)27-13-15-29-16-14-27)19-11-12-23-22(26-19)24-17-7-3-1-2-4-8-17/h5-6,9-12,17H,1-4,7-8,13-16H2,(H,25,28)(H,23,24,26). The zero-order valence-corrected chi connectivity index (χ0v) is 16.8. The van der Waals surface area contributed by atoms with E-state index in [1.54, 1.807) is 12.3 Å². The van der Waals surface area contributed by atoms with Crippen LogP contribution in [-0.4, -0.2) is 48.2 Å². The Labute approximate surface area is 171 Å². The average molecular weight is 396 g/mol. The molecule has 0 atom stereocenters. The number of hydrogen-bond donors (Lipinski definition) is 2. The first-order valence-corrected chi connectivity index (χ1v) is 10.6. The summed E-state index contributed by atoms with van der Waals surface area (Å²) in [5, 5.41) is 6.44. The Bertz CT molecular complexity index is 814. The highest BCUT2D eigenvalue weighted by molar-refractivity contribution is 6.04. The van der Waals surface area contributed by atoms with Gasteiger partial charge >= 0.3 is 0 Å². The quantitative estimate of drug-likeness (QED) is 0.752. The van der Waals surface area contributed by atoms with Gasteiger partial charge in [-0.15, -0.1) is 0 Å². The van der Waals surface area contributed by atoms with E-state index in [4.69, 9.17) is 4.74 Å². The van der Waals surface area contributed by atoms with Crippen molar-refractivity contribution in [3.63, 3.8) is 0 Å². The number of carbonyl (C=O) groups is 1. The maximum absolute atomic E-state index is 12.9. The van der Waals surface area contributed by atoms with Crippen LogP contribution in [0.5, 0.6) is 0 Å². The molecule has 0 spiro atoms. The van der Waals surface area contributed by atoms with E-state index in [9.17, 15) is 4.79 Å². The van der Waals surface area contributed by atoms with Crippen molar-refractivity contribution in [3.05, 3.63) is 42.2 Å². The van der Waals surface area contributed by atoms with Crippen molar-refractivity contribution in [1.29, 1.82) is 0 Å². The molecule has 7 heteroatoms. The molecule has 1 saturated heterocycles. The second-order valence-electron chi connectivity index (χ2n) is 7.67. The molecular weight excluding hydrogens is 366 g/mol. The second kappa shape index (κ2) is 9.69. The van der Waals surface area contributed by atoms with Crippen LogP contribution in [0.15, 0.2) is 36.5 Å². The zero-order chi connectivity index (χ0) is 19.9. The van der Waals surface area contributed by atoms with Gasteiger partial charge in [-0.1, -0.05) is 37.8 Å². The third kappa shape index (κ3) is 5.23. The third-order valence-electron chi connectivity index (χ3n) is 5.58. The summed E-state index contributed by atoms with van der Waals surface area (Å²) in [6.45, 7) is 3.03. The molecule has 2 heterocycles. The maximum Gasteiger partial charge on any atom is 0.274 e. The maximum atomic E-state index is 12.9. The minimum absolute atomic E-state index is 0.225. The van der Waals surface area contributed by atoms with Crippen LogP contribution in [0, 0.1) is 0 Å². The van der Waals surface area contributed by atoms with Crippen LogP contribution in [0.1, 0.15) is 49.0 Å². The highest BCUT2D eigenvalue weighted by atomic mass is 16.5. The molecule has 0 radical (unpaired) electrons. The number of rotatable bonds is 5. The van der Waals surface area contributed by atoms with E-state index in [1.807, 2.05) is 24.3 Å². The van der Waals surface area contributed by atoms with E-state index in [1.165, 1.54) is 25.7 Å². The summed E-state index contributed by atoms with van der Waals surface area (Å²) in [5.74, 6) is 0.308. The number of aromatic nitrogens is 2. The molecule has 1 aliphatic heterocycles. The minimum atomic E-state index is -0.225. The smallest absolute Gasteiger partial charge is 0.274 e. The summed E-state index contributed by atoms with van der Waals surface area (Å²) in [4.78, 5) is 23.9. The number of nitrogens with one attached hydrogen (secondary N) is 2. The number of hydrogen-bond acceptors (Lipinski definition) is 6. The summed E-state index contributed by atoms with van der Waals surface area (Å²) >= 11 is 0. The lowest BCUT2D eigenvalue weighted by atomic mass is 10.1. The largest absolute Gasteiger partial charge is 0.378 e. The van der Waals surface area contributed by atoms with Gasteiger partial charge in [-0.3, -0.25) is 4.79 Å². The first kappa shape index (κ1) is 19.6. The van der Waals surface area contributed by atoms with Gasteiger partial charge in [0.05, 0.1) is 24.6 Å². The van der Waals surface area contributed by atoms with E-state index >= 15 is 0 Å². The van der Waals surface area contributed by atoms with E-state index in [-0.39, 0.29) is 5.91 Å². The molecule has 154 valence electrons. The van der Waals surface area contributed by atoms with E-state index < -0.39 is 0 Å². The van der Waals surface area contributed by atoms with Gasteiger partial charge in [0.15, 0.2) is 0 Å². The van der Waals surface area contributed by atoms with Gasteiger partial charge in [-0.25, -0.2) is 9.97 Å². The summed E-state index contributed by atoms with van der Waals surface area (Å²) in [6, 6.07) is 9.91. The monoisotopic (exact) mass is 395 g/mol. The van der Waals surface area contributed by atoms with Crippen molar-refractivity contribution in [2.45, 2.75) is 44.6 Å². The molecule has 1 aromatic carbocycles. The predicted octanol–water partition coefficient (Wildman–Crippen LogP) is 3.70. The van der Waals surface area contributed by atoms with Crippen molar-refractivity contribution >= 4 is 23.2 Å². The number of anilines is 3. The Balaban J connectivity index is 1.45. The van der Waals surface area contributed by atoms with E-state index in [0.29, 0.717) is 30.9 Å². The molecule has 2 fully saturated rings. The molecule has 4 rings (SSSR count). The molecule has 0 unspecified atom stereocenters. The fourth-order valence-corrected chi connectivity index (χ4v) is 4.01. The molecule has 1 saturated carbocycles. The molecular formula is C22H29N5O2. The highest BCUT2D eigenvalue weighted by Gasteiger charge is 2.18. The van der Waals surface area contributed by atoms with E-state index in [2.05, 4.69) is 25.5 Å². The molecule has 7 nitrogen and oxygen atoms in total. The number of benzene rings is 1. The second-order valence-corrected chi connectivity index (χ2v) is 7.67. The predicted molar refractivity (Wildman–Crippen MR) is 115 cm³/mol. The van der Waals surface area contributed by atoms with Crippen LogP contribution in [0.4, 0.5) is 17.3 Å². The van der Waals surface area contributed by atoms with Crippen LogP contribution in [0.3, 0.4) is 0 Å².